The Morgan fingerprint density at radius 2 is 2.07 bits per heavy atom. The van der Waals surface area contributed by atoms with E-state index >= 15 is 0 Å². The van der Waals surface area contributed by atoms with Crippen molar-refractivity contribution in [3.8, 4) is 0 Å². The summed E-state index contributed by atoms with van der Waals surface area (Å²) in [5, 5.41) is 9.50. The van der Waals surface area contributed by atoms with E-state index in [1.807, 2.05) is 0 Å². The van der Waals surface area contributed by atoms with Crippen LogP contribution in [0.1, 0.15) is 21.6 Å². The zero-order valence-corrected chi connectivity index (χ0v) is 14.1. The molecule has 0 saturated heterocycles. The molecule has 2 aromatic heterocycles. The molecule has 0 atom stereocenters. The maximum atomic E-state index is 13.1. The second-order valence-corrected chi connectivity index (χ2v) is 5.56. The number of fused-ring (bicyclic) bond motifs is 1. The predicted octanol–water partition coefficient (Wildman–Crippen LogP) is 0.767. The van der Waals surface area contributed by atoms with Gasteiger partial charge in [0.25, 0.3) is 12.4 Å². The lowest BCUT2D eigenvalue weighted by atomic mass is 10.1. The second kappa shape index (κ2) is 7.09. The van der Waals surface area contributed by atoms with Gasteiger partial charge >= 0.3 is 11.9 Å². The van der Waals surface area contributed by atoms with Crippen LogP contribution in [0.25, 0.3) is 5.65 Å². The van der Waals surface area contributed by atoms with E-state index in [9.17, 15) is 27.6 Å². The number of aromatic nitrogens is 5. The number of halogens is 3. The van der Waals surface area contributed by atoms with Crippen molar-refractivity contribution < 1.29 is 27.5 Å². The highest BCUT2D eigenvalue weighted by molar-refractivity contribution is 6.06. The Kier molecular flexibility index (Phi) is 4.81. The standard InChI is InChI=1S/C15H11F3N6O4/c1-23-14(27)24-6-19-11(12(24)21-22-23)13(26)20-10-3-8(5-28-7-25)2-9(4-10)15(16,17)18/h2-4,6-7H,5H2,1H3,(H,20,26). The van der Waals surface area contributed by atoms with E-state index in [4.69, 9.17) is 0 Å². The van der Waals surface area contributed by atoms with Gasteiger partial charge in [0, 0.05) is 12.7 Å². The van der Waals surface area contributed by atoms with Crippen LogP contribution in [-0.2, 0) is 29.4 Å². The van der Waals surface area contributed by atoms with Crippen LogP contribution in [0.15, 0.2) is 29.3 Å². The van der Waals surface area contributed by atoms with Crippen LogP contribution in [0.3, 0.4) is 0 Å². The number of imidazole rings is 1. The number of alkyl halides is 3. The first-order chi connectivity index (χ1) is 13.2. The van der Waals surface area contributed by atoms with Crippen molar-refractivity contribution in [1.29, 1.82) is 0 Å². The highest BCUT2D eigenvalue weighted by atomic mass is 19.4. The summed E-state index contributed by atoms with van der Waals surface area (Å²) in [4.78, 5) is 38.4. The molecular weight excluding hydrogens is 385 g/mol. The SMILES string of the molecule is Cn1nnc2c(C(=O)Nc3cc(COC=O)cc(C(F)(F)F)c3)ncn2c1=O. The molecule has 0 aliphatic rings. The van der Waals surface area contributed by atoms with Gasteiger partial charge in [-0.3, -0.25) is 9.59 Å². The van der Waals surface area contributed by atoms with Gasteiger partial charge in [-0.2, -0.15) is 17.9 Å². The summed E-state index contributed by atoms with van der Waals surface area (Å²) in [6, 6.07) is 2.71. The van der Waals surface area contributed by atoms with Crippen molar-refractivity contribution in [1.82, 2.24) is 24.4 Å². The third-order valence-electron chi connectivity index (χ3n) is 3.61. The molecule has 0 radical (unpaired) electrons. The molecule has 0 spiro atoms. The van der Waals surface area contributed by atoms with Gasteiger partial charge < -0.3 is 10.1 Å². The van der Waals surface area contributed by atoms with Gasteiger partial charge in [0.05, 0.1) is 5.56 Å². The van der Waals surface area contributed by atoms with Crippen LogP contribution in [0, 0.1) is 0 Å². The first-order valence-electron chi connectivity index (χ1n) is 7.55. The van der Waals surface area contributed by atoms with Crippen LogP contribution >= 0.6 is 0 Å². The smallest absolute Gasteiger partial charge is 0.416 e. The molecule has 1 N–H and O–H groups in total. The lowest BCUT2D eigenvalue weighted by Gasteiger charge is -2.12. The van der Waals surface area contributed by atoms with E-state index in [1.165, 1.54) is 13.1 Å². The maximum Gasteiger partial charge on any atom is 0.416 e. The topological polar surface area (TPSA) is 120 Å². The summed E-state index contributed by atoms with van der Waals surface area (Å²) in [5.74, 6) is -0.897. The van der Waals surface area contributed by atoms with Crippen molar-refractivity contribution in [3.63, 3.8) is 0 Å². The summed E-state index contributed by atoms with van der Waals surface area (Å²) in [7, 11) is 1.35. The van der Waals surface area contributed by atoms with Crippen LogP contribution in [0.2, 0.25) is 0 Å². The molecule has 1 aromatic carbocycles. The van der Waals surface area contributed by atoms with Gasteiger partial charge in [-0.15, -0.1) is 5.10 Å². The number of nitrogens with one attached hydrogen (secondary N) is 1. The van der Waals surface area contributed by atoms with E-state index in [2.05, 4.69) is 25.3 Å². The van der Waals surface area contributed by atoms with Gasteiger partial charge in [-0.05, 0) is 23.8 Å². The van der Waals surface area contributed by atoms with Crippen LogP contribution in [-0.4, -0.2) is 36.8 Å². The number of carbonyl (C=O) groups is 2. The number of ether oxygens (including phenoxy) is 1. The van der Waals surface area contributed by atoms with E-state index in [-0.39, 0.29) is 29.1 Å². The molecule has 10 nitrogen and oxygen atoms in total. The molecule has 3 rings (SSSR count). The van der Waals surface area contributed by atoms with E-state index < -0.39 is 29.9 Å². The average molecular weight is 396 g/mol. The fourth-order valence-corrected chi connectivity index (χ4v) is 2.37. The molecule has 0 unspecified atom stereocenters. The highest BCUT2D eigenvalue weighted by Crippen LogP contribution is 2.32. The Labute approximate surface area is 153 Å². The Balaban J connectivity index is 1.96. The fourth-order valence-electron chi connectivity index (χ4n) is 2.37. The molecule has 1 amide bonds. The highest BCUT2D eigenvalue weighted by Gasteiger charge is 2.31. The van der Waals surface area contributed by atoms with Crippen LogP contribution < -0.4 is 11.0 Å². The lowest BCUT2D eigenvalue weighted by Crippen LogP contribution is -2.27. The molecule has 3 aromatic rings. The van der Waals surface area contributed by atoms with E-state index in [0.29, 0.717) is 6.07 Å². The van der Waals surface area contributed by atoms with Crippen LogP contribution in [0.4, 0.5) is 18.9 Å². The first kappa shape index (κ1) is 19.0. The molecule has 0 aliphatic carbocycles. The third-order valence-corrected chi connectivity index (χ3v) is 3.61. The molecular formula is C15H11F3N6O4. The molecule has 2 heterocycles. The number of anilines is 1. The Hall–Kier alpha value is -3.77. The Bertz CT molecular complexity index is 1120. The van der Waals surface area contributed by atoms with Crippen LogP contribution in [0.5, 0.6) is 0 Å². The second-order valence-electron chi connectivity index (χ2n) is 5.56. The zero-order chi connectivity index (χ0) is 20.5. The van der Waals surface area contributed by atoms with E-state index in [0.717, 1.165) is 21.5 Å². The minimum Gasteiger partial charge on any atom is -0.463 e. The van der Waals surface area contributed by atoms with Gasteiger partial charge in [0.15, 0.2) is 11.3 Å². The third kappa shape index (κ3) is 3.67. The molecule has 0 aliphatic heterocycles. The number of rotatable bonds is 5. The number of hydrogen-bond acceptors (Lipinski definition) is 7. The quantitative estimate of drug-likeness (QED) is 0.633. The van der Waals surface area contributed by atoms with Crippen molar-refractivity contribution in [2.45, 2.75) is 12.8 Å². The summed E-state index contributed by atoms with van der Waals surface area (Å²) in [5.41, 5.74) is -2.30. The fraction of sp³-hybridized carbons (Fsp3) is 0.200. The number of nitrogens with zero attached hydrogens (tertiary/aromatic N) is 5. The van der Waals surface area contributed by atoms with Crippen molar-refractivity contribution >= 4 is 23.7 Å². The number of aryl methyl sites for hydroxylation is 1. The van der Waals surface area contributed by atoms with Crippen molar-refractivity contribution in [3.05, 3.63) is 51.8 Å². The van der Waals surface area contributed by atoms with Gasteiger partial charge in [0.1, 0.15) is 12.9 Å². The molecule has 0 saturated carbocycles. The molecule has 0 fully saturated rings. The number of carbonyl (C=O) groups excluding carboxylic acids is 2. The monoisotopic (exact) mass is 396 g/mol. The van der Waals surface area contributed by atoms with Gasteiger partial charge in [-0.1, -0.05) is 5.21 Å². The number of hydrogen-bond donors (Lipinski definition) is 1. The van der Waals surface area contributed by atoms with Gasteiger partial charge in [0.2, 0.25) is 0 Å². The van der Waals surface area contributed by atoms with Gasteiger partial charge in [-0.25, -0.2) is 14.2 Å². The molecule has 146 valence electrons. The number of amides is 1. The minimum atomic E-state index is -4.69. The zero-order valence-electron chi connectivity index (χ0n) is 14.1. The molecule has 13 heteroatoms. The Morgan fingerprint density at radius 3 is 2.75 bits per heavy atom. The summed E-state index contributed by atoms with van der Waals surface area (Å²) in [6.07, 6.45) is -3.63. The minimum absolute atomic E-state index is 0.0144. The van der Waals surface area contributed by atoms with E-state index in [1.54, 1.807) is 0 Å². The maximum absolute atomic E-state index is 13.1. The molecule has 0 bridgehead atoms. The average Bonchev–Trinajstić information content (AvgIpc) is 3.07. The lowest BCUT2D eigenvalue weighted by molar-refractivity contribution is -0.137. The van der Waals surface area contributed by atoms with Crippen molar-refractivity contribution in [2.24, 2.45) is 7.05 Å². The predicted molar refractivity (Wildman–Crippen MR) is 86.3 cm³/mol. The Morgan fingerprint density at radius 1 is 1.32 bits per heavy atom. The summed E-state index contributed by atoms with van der Waals surface area (Å²) < 4.78 is 45.6. The number of benzene rings is 1. The first-order valence-corrected chi connectivity index (χ1v) is 7.55. The summed E-state index contributed by atoms with van der Waals surface area (Å²) in [6.45, 7) is -0.319. The summed E-state index contributed by atoms with van der Waals surface area (Å²) >= 11 is 0. The largest absolute Gasteiger partial charge is 0.463 e. The van der Waals surface area contributed by atoms with Crippen molar-refractivity contribution in [2.75, 3.05) is 5.32 Å². The molecule has 28 heavy (non-hydrogen) atoms. The normalized spacial score (nSPS) is 11.4.